The zero-order valence-electron chi connectivity index (χ0n) is 25.4. The fraction of sp³-hybridized carbons (Fsp3) is 0.406. The second-order valence-electron chi connectivity index (χ2n) is 12.0. The number of para-hydroxylation sites is 1. The van der Waals surface area contributed by atoms with Crippen LogP contribution in [0.15, 0.2) is 54.7 Å². The number of nitrogens with zero attached hydrogens (tertiary/aromatic N) is 5. The number of nitrogens with one attached hydrogen (secondary N) is 2. The van der Waals surface area contributed by atoms with E-state index in [1.165, 1.54) is 19.0 Å². The molecule has 44 heavy (non-hydrogen) atoms. The quantitative estimate of drug-likeness (QED) is 0.254. The number of hydrogen-bond acceptors (Lipinski definition) is 9. The second-order valence-corrected chi connectivity index (χ2v) is 15.6. The van der Waals surface area contributed by atoms with Gasteiger partial charge in [0.1, 0.15) is 24.5 Å². The number of benzene rings is 2. The van der Waals surface area contributed by atoms with Crippen molar-refractivity contribution in [3.8, 4) is 5.75 Å². The number of aromatic nitrogens is 2. The van der Waals surface area contributed by atoms with E-state index in [1.807, 2.05) is 47.4 Å². The van der Waals surface area contributed by atoms with Crippen LogP contribution in [0.1, 0.15) is 18.4 Å². The van der Waals surface area contributed by atoms with Crippen molar-refractivity contribution < 1.29 is 14.1 Å². The Morgan fingerprint density at radius 1 is 1.14 bits per heavy atom. The van der Waals surface area contributed by atoms with E-state index >= 15 is 0 Å². The molecule has 0 unspecified atom stereocenters. The Balaban J connectivity index is 1.13. The molecule has 10 nitrogen and oxygen atoms in total. The first-order chi connectivity index (χ1) is 21.2. The van der Waals surface area contributed by atoms with E-state index in [2.05, 4.69) is 37.3 Å². The molecular formula is C32H39ClN7O3P. The van der Waals surface area contributed by atoms with Crippen molar-refractivity contribution >= 4 is 58.8 Å². The number of hydrogen-bond donors (Lipinski definition) is 2. The number of rotatable bonds is 8. The van der Waals surface area contributed by atoms with Crippen LogP contribution >= 0.6 is 18.7 Å². The van der Waals surface area contributed by atoms with E-state index in [1.54, 1.807) is 19.4 Å². The zero-order valence-corrected chi connectivity index (χ0v) is 27.1. The Kier molecular flexibility index (Phi) is 8.85. The Labute approximate surface area is 263 Å². The molecule has 0 saturated carbocycles. The number of carbonyl (C=O) groups excluding carboxylic acids is 1. The SMILES string of the molecule is Cc1cc(Nc2ncc(Cl)c(Nc3ccccc3P(C)(C)=O)n2)cc2c1N1CCN(C(=O)/C=C/CN3CCCC3)C[C@@H]1CO2. The summed E-state index contributed by atoms with van der Waals surface area (Å²) in [5.74, 6) is 1.64. The lowest BCUT2D eigenvalue weighted by molar-refractivity contribution is -0.127. The van der Waals surface area contributed by atoms with Gasteiger partial charge in [-0.25, -0.2) is 4.98 Å². The first-order valence-corrected chi connectivity index (χ1v) is 18.1. The van der Waals surface area contributed by atoms with Crippen LogP contribution in [0.2, 0.25) is 5.02 Å². The van der Waals surface area contributed by atoms with Crippen molar-refractivity contribution in [1.29, 1.82) is 0 Å². The summed E-state index contributed by atoms with van der Waals surface area (Å²) in [6.45, 7) is 11.2. The van der Waals surface area contributed by atoms with E-state index in [0.717, 1.165) is 54.2 Å². The van der Waals surface area contributed by atoms with Gasteiger partial charge in [0.2, 0.25) is 11.9 Å². The predicted molar refractivity (Wildman–Crippen MR) is 178 cm³/mol. The Bertz CT molecular complexity index is 1620. The minimum absolute atomic E-state index is 0.0737. The average molecular weight is 636 g/mol. The van der Waals surface area contributed by atoms with E-state index in [4.69, 9.17) is 16.3 Å². The molecule has 3 aromatic rings. The third kappa shape index (κ3) is 6.72. The van der Waals surface area contributed by atoms with Crippen molar-refractivity contribution in [3.63, 3.8) is 0 Å². The molecule has 1 amide bonds. The molecular weight excluding hydrogens is 597 g/mol. The summed E-state index contributed by atoms with van der Waals surface area (Å²) in [7, 11) is -2.53. The number of piperazine rings is 1. The highest BCUT2D eigenvalue weighted by atomic mass is 35.5. The van der Waals surface area contributed by atoms with E-state index in [9.17, 15) is 9.36 Å². The van der Waals surface area contributed by atoms with Gasteiger partial charge in [0.25, 0.3) is 0 Å². The van der Waals surface area contributed by atoms with Crippen molar-refractivity contribution in [1.82, 2.24) is 19.8 Å². The van der Waals surface area contributed by atoms with Gasteiger partial charge >= 0.3 is 0 Å². The number of fused-ring (bicyclic) bond motifs is 3. The fourth-order valence-corrected chi connectivity index (χ4v) is 7.46. The molecule has 3 aliphatic rings. The van der Waals surface area contributed by atoms with Gasteiger partial charge in [-0.1, -0.05) is 29.8 Å². The maximum absolute atomic E-state index is 12.9. The summed E-state index contributed by atoms with van der Waals surface area (Å²) in [4.78, 5) is 28.6. The van der Waals surface area contributed by atoms with Gasteiger partial charge in [0.15, 0.2) is 5.82 Å². The molecule has 12 heteroatoms. The van der Waals surface area contributed by atoms with Gasteiger partial charge in [-0.05, 0) is 69.9 Å². The van der Waals surface area contributed by atoms with E-state index in [-0.39, 0.29) is 11.9 Å². The zero-order chi connectivity index (χ0) is 30.8. The van der Waals surface area contributed by atoms with Crippen LogP contribution in [0.5, 0.6) is 5.75 Å². The van der Waals surface area contributed by atoms with Crippen LogP contribution in [0.25, 0.3) is 0 Å². The smallest absolute Gasteiger partial charge is 0.246 e. The standard InChI is InChI=1S/C32H39ClN7O3P/c1-22-17-23(35-32-34-19-25(33)31(37-32)36-26-9-4-5-10-28(26)44(2,3)42)18-27-30(22)40-16-15-39(20-24(40)21-43-27)29(41)11-8-14-38-12-6-7-13-38/h4-5,8-11,17-19,24H,6-7,12-16,20-21H2,1-3H3,(H2,34,35,36,37)/b11-8+/t24-/m1/s1. The van der Waals surface area contributed by atoms with Crippen molar-refractivity contribution in [2.75, 3.05) is 74.7 Å². The fourth-order valence-electron chi connectivity index (χ4n) is 6.17. The topological polar surface area (TPSA) is 103 Å². The molecule has 0 spiro atoms. The summed E-state index contributed by atoms with van der Waals surface area (Å²) >= 11 is 6.44. The molecule has 0 aliphatic carbocycles. The van der Waals surface area contributed by atoms with Crippen LogP contribution in [0.4, 0.5) is 28.8 Å². The van der Waals surface area contributed by atoms with Gasteiger partial charge in [0, 0.05) is 49.3 Å². The van der Waals surface area contributed by atoms with Gasteiger partial charge in [-0.2, -0.15) is 4.98 Å². The number of carbonyl (C=O) groups is 1. The number of anilines is 5. The highest BCUT2D eigenvalue weighted by Crippen LogP contribution is 2.41. The number of aryl methyl sites for hydroxylation is 1. The third-order valence-corrected chi connectivity index (χ3v) is 10.2. The molecule has 2 fully saturated rings. The number of halogens is 1. The largest absolute Gasteiger partial charge is 0.489 e. The molecule has 6 rings (SSSR count). The summed E-state index contributed by atoms with van der Waals surface area (Å²) < 4.78 is 19.1. The van der Waals surface area contributed by atoms with Crippen LogP contribution < -0.4 is 25.6 Å². The summed E-state index contributed by atoms with van der Waals surface area (Å²) in [5.41, 5.74) is 3.60. The number of ether oxygens (including phenoxy) is 1. The summed E-state index contributed by atoms with van der Waals surface area (Å²) in [6, 6.07) is 11.6. The monoisotopic (exact) mass is 635 g/mol. The maximum atomic E-state index is 12.9. The molecule has 2 aromatic carbocycles. The molecule has 1 aromatic heterocycles. The number of likely N-dealkylation sites (tertiary alicyclic amines) is 1. The molecule has 232 valence electrons. The Morgan fingerprint density at radius 2 is 1.93 bits per heavy atom. The van der Waals surface area contributed by atoms with Crippen LogP contribution in [-0.4, -0.2) is 90.9 Å². The highest BCUT2D eigenvalue weighted by molar-refractivity contribution is 7.70. The van der Waals surface area contributed by atoms with Gasteiger partial charge in [-0.3, -0.25) is 9.69 Å². The third-order valence-electron chi connectivity index (χ3n) is 8.34. The van der Waals surface area contributed by atoms with Crippen molar-refractivity contribution in [2.45, 2.75) is 25.8 Å². The normalized spacial score (nSPS) is 18.6. The van der Waals surface area contributed by atoms with Gasteiger partial charge in [0.05, 0.1) is 23.6 Å². The molecule has 2 N–H and O–H groups in total. The van der Waals surface area contributed by atoms with Crippen LogP contribution in [0.3, 0.4) is 0 Å². The average Bonchev–Trinajstić information content (AvgIpc) is 3.51. The predicted octanol–water partition coefficient (Wildman–Crippen LogP) is 5.24. The summed E-state index contributed by atoms with van der Waals surface area (Å²) in [6.07, 6.45) is 7.77. The molecule has 1 atom stereocenters. The summed E-state index contributed by atoms with van der Waals surface area (Å²) in [5, 5.41) is 7.61. The molecule has 3 aliphatic heterocycles. The molecule has 4 heterocycles. The second kappa shape index (κ2) is 12.8. The number of amides is 1. The lowest BCUT2D eigenvalue weighted by atomic mass is 10.0. The van der Waals surface area contributed by atoms with Crippen molar-refractivity contribution in [3.05, 3.63) is 65.3 Å². The van der Waals surface area contributed by atoms with Crippen LogP contribution in [-0.2, 0) is 9.36 Å². The maximum Gasteiger partial charge on any atom is 0.246 e. The van der Waals surface area contributed by atoms with E-state index < -0.39 is 7.14 Å². The molecule has 2 saturated heterocycles. The van der Waals surface area contributed by atoms with E-state index in [0.29, 0.717) is 42.2 Å². The Morgan fingerprint density at radius 3 is 2.73 bits per heavy atom. The molecule has 0 bridgehead atoms. The molecule has 0 radical (unpaired) electrons. The first kappa shape index (κ1) is 30.4. The highest BCUT2D eigenvalue weighted by Gasteiger charge is 2.35. The lowest BCUT2D eigenvalue weighted by Gasteiger charge is -2.46. The van der Waals surface area contributed by atoms with Crippen LogP contribution in [0, 0.1) is 6.92 Å². The van der Waals surface area contributed by atoms with Gasteiger partial charge in [-0.15, -0.1) is 0 Å². The lowest BCUT2D eigenvalue weighted by Crippen LogP contribution is -2.58. The Hall–Kier alpha value is -3.59. The van der Waals surface area contributed by atoms with Crippen molar-refractivity contribution in [2.24, 2.45) is 0 Å². The van der Waals surface area contributed by atoms with Gasteiger partial charge < -0.3 is 29.7 Å². The minimum Gasteiger partial charge on any atom is -0.489 e. The minimum atomic E-state index is -2.53. The first-order valence-electron chi connectivity index (χ1n) is 15.1.